The molecular formula is C14H18N2O2S2. The molecule has 0 radical (unpaired) electrons. The molecular weight excluding hydrogens is 292 g/mol. The van der Waals surface area contributed by atoms with E-state index in [9.17, 15) is 8.42 Å². The molecule has 2 aromatic rings. The summed E-state index contributed by atoms with van der Waals surface area (Å²) >= 11 is 1.36. The summed E-state index contributed by atoms with van der Waals surface area (Å²) in [7, 11) is -3.50. The zero-order valence-electron chi connectivity index (χ0n) is 11.2. The number of nitrogens with two attached hydrogens (primary N) is 1. The van der Waals surface area contributed by atoms with Gasteiger partial charge in [0.05, 0.1) is 4.90 Å². The second kappa shape index (κ2) is 6.49. The minimum atomic E-state index is -3.50. The zero-order chi connectivity index (χ0) is 14.6. The Labute approximate surface area is 123 Å². The van der Waals surface area contributed by atoms with E-state index in [1.807, 2.05) is 37.3 Å². The molecule has 0 saturated heterocycles. The van der Waals surface area contributed by atoms with Gasteiger partial charge in [-0.25, -0.2) is 13.1 Å². The Hall–Kier alpha value is -1.21. The van der Waals surface area contributed by atoms with Crippen LogP contribution in [0.15, 0.2) is 46.7 Å². The van der Waals surface area contributed by atoms with Crippen LogP contribution in [-0.2, 0) is 23.0 Å². The molecule has 0 amide bonds. The molecule has 1 atom stereocenters. The van der Waals surface area contributed by atoms with Crippen LogP contribution >= 0.6 is 11.3 Å². The third-order valence-corrected chi connectivity index (χ3v) is 5.67. The molecule has 0 saturated carbocycles. The van der Waals surface area contributed by atoms with Crippen LogP contribution in [0.25, 0.3) is 0 Å². The van der Waals surface area contributed by atoms with Crippen LogP contribution < -0.4 is 10.5 Å². The van der Waals surface area contributed by atoms with Crippen molar-refractivity contribution in [1.82, 2.24) is 4.72 Å². The number of hydrogen-bond acceptors (Lipinski definition) is 4. The zero-order valence-corrected chi connectivity index (χ0v) is 12.9. The quantitative estimate of drug-likeness (QED) is 0.858. The van der Waals surface area contributed by atoms with Crippen LogP contribution in [-0.4, -0.2) is 14.5 Å². The topological polar surface area (TPSA) is 72.2 Å². The summed E-state index contributed by atoms with van der Waals surface area (Å²) < 4.78 is 27.3. The number of benzene rings is 1. The van der Waals surface area contributed by atoms with Gasteiger partial charge in [0.15, 0.2) is 0 Å². The van der Waals surface area contributed by atoms with Gasteiger partial charge >= 0.3 is 0 Å². The molecule has 2 rings (SSSR count). The van der Waals surface area contributed by atoms with Gasteiger partial charge in [0, 0.05) is 17.5 Å². The average molecular weight is 310 g/mol. The minimum absolute atomic E-state index is 0.173. The molecule has 1 heterocycles. The third kappa shape index (κ3) is 3.67. The van der Waals surface area contributed by atoms with Crippen molar-refractivity contribution in [2.45, 2.75) is 30.8 Å². The fourth-order valence-electron chi connectivity index (χ4n) is 2.05. The Balaban J connectivity index is 2.09. The summed E-state index contributed by atoms with van der Waals surface area (Å²) in [6.45, 7) is 2.10. The smallest absolute Gasteiger partial charge is 0.241 e. The van der Waals surface area contributed by atoms with E-state index >= 15 is 0 Å². The molecule has 1 aromatic carbocycles. The van der Waals surface area contributed by atoms with Gasteiger partial charge in [0.2, 0.25) is 10.0 Å². The van der Waals surface area contributed by atoms with Crippen molar-refractivity contribution >= 4 is 21.4 Å². The molecule has 3 N–H and O–H groups in total. The number of hydrogen-bond donors (Lipinski definition) is 2. The van der Waals surface area contributed by atoms with Gasteiger partial charge in [-0.3, -0.25) is 0 Å². The van der Waals surface area contributed by atoms with E-state index < -0.39 is 10.0 Å². The van der Waals surface area contributed by atoms with E-state index in [1.54, 1.807) is 11.4 Å². The Bertz CT molecular complexity index is 651. The van der Waals surface area contributed by atoms with Crippen molar-refractivity contribution in [2.24, 2.45) is 5.73 Å². The second-order valence-electron chi connectivity index (χ2n) is 4.62. The van der Waals surface area contributed by atoms with Crippen LogP contribution in [0.4, 0.5) is 0 Å². The minimum Gasteiger partial charge on any atom is -0.326 e. The highest BCUT2D eigenvalue weighted by atomic mass is 32.2. The second-order valence-corrected chi connectivity index (χ2v) is 7.31. The fourth-order valence-corrected chi connectivity index (χ4v) is 4.63. The first kappa shape index (κ1) is 15.2. The Morgan fingerprint density at radius 1 is 1.25 bits per heavy atom. The lowest BCUT2D eigenvalue weighted by atomic mass is 10.1. The lowest BCUT2D eigenvalue weighted by Gasteiger charge is -2.14. The lowest BCUT2D eigenvalue weighted by Crippen LogP contribution is -2.34. The SMILES string of the molecule is CC(Cc1ccccc1)NS(=O)(=O)c1ccsc1CN. The van der Waals surface area contributed by atoms with Crippen LogP contribution in [0, 0.1) is 0 Å². The highest BCUT2D eigenvalue weighted by Gasteiger charge is 2.21. The standard InChI is InChI=1S/C14H18N2O2S2/c1-11(9-12-5-3-2-4-6-12)16-20(17,18)14-7-8-19-13(14)10-15/h2-8,11,16H,9-10,15H2,1H3. The van der Waals surface area contributed by atoms with E-state index in [0.717, 1.165) is 5.56 Å². The van der Waals surface area contributed by atoms with Crippen molar-refractivity contribution in [3.63, 3.8) is 0 Å². The maximum Gasteiger partial charge on any atom is 0.241 e. The van der Waals surface area contributed by atoms with Gasteiger partial charge in [-0.2, -0.15) is 0 Å². The maximum absolute atomic E-state index is 12.3. The summed E-state index contributed by atoms with van der Waals surface area (Å²) in [5, 5.41) is 1.75. The lowest BCUT2D eigenvalue weighted by molar-refractivity contribution is 0.559. The summed E-state index contributed by atoms with van der Waals surface area (Å²) in [4.78, 5) is 0.981. The molecule has 6 heteroatoms. The highest BCUT2D eigenvalue weighted by molar-refractivity contribution is 7.89. The Kier molecular flexibility index (Phi) is 4.93. The monoisotopic (exact) mass is 310 g/mol. The molecule has 20 heavy (non-hydrogen) atoms. The molecule has 0 aliphatic heterocycles. The molecule has 0 spiro atoms. The van der Waals surface area contributed by atoms with Crippen LogP contribution in [0.3, 0.4) is 0 Å². The molecule has 0 fully saturated rings. The van der Waals surface area contributed by atoms with E-state index in [1.165, 1.54) is 11.3 Å². The summed E-state index contributed by atoms with van der Waals surface area (Å²) in [5.41, 5.74) is 6.67. The largest absolute Gasteiger partial charge is 0.326 e. The van der Waals surface area contributed by atoms with Crippen molar-refractivity contribution in [1.29, 1.82) is 0 Å². The number of rotatable bonds is 6. The van der Waals surface area contributed by atoms with E-state index in [0.29, 0.717) is 16.2 Å². The third-order valence-electron chi connectivity index (χ3n) is 2.92. The normalized spacial score (nSPS) is 13.3. The first-order valence-corrected chi connectivity index (χ1v) is 8.72. The first-order valence-electron chi connectivity index (χ1n) is 6.35. The van der Waals surface area contributed by atoms with E-state index in [-0.39, 0.29) is 12.6 Å². The summed E-state index contributed by atoms with van der Waals surface area (Å²) in [5.74, 6) is 0. The number of sulfonamides is 1. The van der Waals surface area contributed by atoms with Crippen molar-refractivity contribution < 1.29 is 8.42 Å². The fraction of sp³-hybridized carbons (Fsp3) is 0.286. The van der Waals surface area contributed by atoms with Gasteiger partial charge in [-0.1, -0.05) is 30.3 Å². The van der Waals surface area contributed by atoms with Crippen molar-refractivity contribution in [3.8, 4) is 0 Å². The van der Waals surface area contributed by atoms with Crippen LogP contribution in [0.5, 0.6) is 0 Å². The van der Waals surface area contributed by atoms with Crippen LogP contribution in [0.2, 0.25) is 0 Å². The van der Waals surface area contributed by atoms with Crippen molar-refractivity contribution in [2.75, 3.05) is 0 Å². The predicted octanol–water partition coefficient (Wildman–Crippen LogP) is 2.12. The molecule has 0 bridgehead atoms. The molecule has 1 unspecified atom stereocenters. The van der Waals surface area contributed by atoms with E-state index in [4.69, 9.17) is 5.73 Å². The Morgan fingerprint density at radius 2 is 1.95 bits per heavy atom. The molecule has 108 valence electrons. The number of nitrogens with one attached hydrogen (secondary N) is 1. The first-order chi connectivity index (χ1) is 9.53. The predicted molar refractivity (Wildman–Crippen MR) is 82.1 cm³/mol. The summed E-state index contributed by atoms with van der Waals surface area (Å²) in [6.07, 6.45) is 0.655. The van der Waals surface area contributed by atoms with Crippen molar-refractivity contribution in [3.05, 3.63) is 52.2 Å². The van der Waals surface area contributed by atoms with Crippen LogP contribution in [0.1, 0.15) is 17.4 Å². The average Bonchev–Trinajstić information content (AvgIpc) is 2.88. The van der Waals surface area contributed by atoms with Gasteiger partial charge < -0.3 is 5.73 Å². The maximum atomic E-state index is 12.3. The van der Waals surface area contributed by atoms with Gasteiger partial charge in [0.1, 0.15) is 0 Å². The molecule has 0 aliphatic rings. The highest BCUT2D eigenvalue weighted by Crippen LogP contribution is 2.21. The molecule has 4 nitrogen and oxygen atoms in total. The van der Waals surface area contributed by atoms with Gasteiger partial charge in [-0.15, -0.1) is 11.3 Å². The van der Waals surface area contributed by atoms with E-state index in [2.05, 4.69) is 4.72 Å². The van der Waals surface area contributed by atoms with Gasteiger partial charge in [0.25, 0.3) is 0 Å². The Morgan fingerprint density at radius 3 is 2.60 bits per heavy atom. The summed E-state index contributed by atoms with van der Waals surface area (Å²) in [6, 6.07) is 11.2. The van der Waals surface area contributed by atoms with Gasteiger partial charge in [-0.05, 0) is 30.4 Å². The number of thiophene rings is 1. The molecule has 1 aromatic heterocycles. The molecule has 0 aliphatic carbocycles.